The van der Waals surface area contributed by atoms with Gasteiger partial charge in [-0.05, 0) is 82.9 Å². The molecule has 0 bridgehead atoms. The summed E-state index contributed by atoms with van der Waals surface area (Å²) in [6, 6.07) is 32.7. The number of rotatable bonds is 11. The van der Waals surface area contributed by atoms with Crippen molar-refractivity contribution in [1.29, 1.82) is 5.26 Å². The number of methoxy groups -OCH3 is 1. The minimum Gasteiger partial charge on any atom is -0.424 e. The Morgan fingerprint density at radius 1 is 0.909 bits per heavy atom. The summed E-state index contributed by atoms with van der Waals surface area (Å²) >= 11 is 0. The molecule has 0 aliphatic carbocycles. The molecule has 0 radical (unpaired) electrons. The summed E-state index contributed by atoms with van der Waals surface area (Å²) in [5.41, 5.74) is 5.62. The summed E-state index contributed by atoms with van der Waals surface area (Å²) in [7, 11) is -1.41. The number of H-pyrrole nitrogens is 1. The predicted molar refractivity (Wildman–Crippen MR) is 183 cm³/mol. The van der Waals surface area contributed by atoms with Gasteiger partial charge in [-0.1, -0.05) is 88.4 Å². The van der Waals surface area contributed by atoms with Gasteiger partial charge in [0.25, 0.3) is 8.32 Å². The summed E-state index contributed by atoms with van der Waals surface area (Å²) in [6.07, 6.45) is 4.19. The van der Waals surface area contributed by atoms with Gasteiger partial charge in [0.15, 0.2) is 0 Å². The normalized spacial score (nSPS) is 13.1. The summed E-state index contributed by atoms with van der Waals surface area (Å²) in [4.78, 5) is 21.1. The van der Waals surface area contributed by atoms with E-state index in [1.165, 1.54) is 5.56 Å². The molecule has 2 aromatic heterocycles. The van der Waals surface area contributed by atoms with Gasteiger partial charge in [0.1, 0.15) is 0 Å². The second-order valence-corrected chi connectivity index (χ2v) is 17.3. The third-order valence-corrected chi connectivity index (χ3v) is 13.9. The zero-order chi connectivity index (χ0) is 31.5. The molecule has 0 saturated heterocycles. The van der Waals surface area contributed by atoms with Gasteiger partial charge in [-0.2, -0.15) is 5.26 Å². The molecular formula is C38H43N3O2Si. The average molecular weight is 602 g/mol. The molecule has 2 N–H and O–H groups in total. The van der Waals surface area contributed by atoms with Crippen LogP contribution in [0.2, 0.25) is 5.04 Å². The van der Waals surface area contributed by atoms with Gasteiger partial charge < -0.3 is 14.5 Å². The highest BCUT2D eigenvalue weighted by Gasteiger charge is 2.50. The molecule has 0 aliphatic heterocycles. The monoisotopic (exact) mass is 601 g/mol. The summed E-state index contributed by atoms with van der Waals surface area (Å²) in [6.45, 7) is 11.1. The van der Waals surface area contributed by atoms with Crippen LogP contribution in [0.25, 0.3) is 22.2 Å². The van der Waals surface area contributed by atoms with Crippen LogP contribution in [-0.2, 0) is 11.2 Å². The topological polar surface area (TPSA) is 81.9 Å². The van der Waals surface area contributed by atoms with Crippen molar-refractivity contribution in [3.8, 4) is 17.3 Å². The Morgan fingerprint density at radius 3 is 2.14 bits per heavy atom. The number of benzene rings is 3. The van der Waals surface area contributed by atoms with E-state index < -0.39 is 8.32 Å². The molecular weight excluding hydrogens is 559 g/mol. The van der Waals surface area contributed by atoms with Crippen LogP contribution in [0, 0.1) is 16.7 Å². The summed E-state index contributed by atoms with van der Waals surface area (Å²) in [5, 5.41) is 12.5. The number of fused-ring (bicyclic) bond motifs is 1. The number of nitriles is 1. The molecule has 0 amide bonds. The van der Waals surface area contributed by atoms with Crippen LogP contribution in [0.1, 0.15) is 70.4 Å². The van der Waals surface area contributed by atoms with Crippen LogP contribution >= 0.6 is 0 Å². The molecule has 44 heavy (non-hydrogen) atoms. The second-order valence-electron chi connectivity index (χ2n) is 13.3. The van der Waals surface area contributed by atoms with E-state index >= 15 is 0 Å². The van der Waals surface area contributed by atoms with Crippen molar-refractivity contribution in [2.75, 3.05) is 7.11 Å². The number of ether oxygens (including phenoxy) is 1. The van der Waals surface area contributed by atoms with E-state index in [0.717, 1.165) is 57.5 Å². The van der Waals surface area contributed by atoms with Gasteiger partial charge >= 0.3 is 0 Å². The van der Waals surface area contributed by atoms with Crippen LogP contribution in [0.4, 0.5) is 0 Å². The number of hydrogen-bond acceptors (Lipinski definition) is 4. The first-order chi connectivity index (χ1) is 21.0. The number of aromatic amines is 1. The van der Waals surface area contributed by atoms with Crippen molar-refractivity contribution in [1.82, 2.24) is 9.97 Å². The Hall–Kier alpha value is -4.02. The van der Waals surface area contributed by atoms with E-state index in [0.29, 0.717) is 5.56 Å². The predicted octanol–water partition coefficient (Wildman–Crippen LogP) is 7.69. The van der Waals surface area contributed by atoms with Crippen LogP contribution in [0.3, 0.4) is 0 Å². The lowest BCUT2D eigenvalue weighted by Gasteiger charge is -2.43. The smallest absolute Gasteiger partial charge is 0.258 e. The average Bonchev–Trinajstić information content (AvgIpc) is 3.40. The highest BCUT2D eigenvalue weighted by Crippen LogP contribution is 2.45. The minimum absolute atomic E-state index is 0.109. The summed E-state index contributed by atoms with van der Waals surface area (Å²) < 4.78 is 5.69. The number of nitrogens with zero attached hydrogens (tertiary/aromatic N) is 2. The van der Waals surface area contributed by atoms with Gasteiger partial charge in [0.2, 0.25) is 0 Å². The number of pyridine rings is 1. The van der Waals surface area contributed by atoms with Crippen LogP contribution < -0.4 is 10.4 Å². The molecule has 0 fully saturated rings. The Morgan fingerprint density at radius 2 is 1.55 bits per heavy atom. The molecule has 0 unspecified atom stereocenters. The molecule has 1 atom stereocenters. The van der Waals surface area contributed by atoms with Crippen molar-refractivity contribution < 1.29 is 9.53 Å². The van der Waals surface area contributed by atoms with Crippen molar-refractivity contribution >= 4 is 29.6 Å². The molecule has 5 rings (SSSR count). The molecule has 0 aliphatic rings. The van der Waals surface area contributed by atoms with Crippen molar-refractivity contribution in [2.45, 2.75) is 65.0 Å². The number of hydrogen-bond donors (Lipinski definition) is 2. The quantitative estimate of drug-likeness (QED) is 0.152. The molecule has 5 nitrogen and oxygen atoms in total. The Labute approximate surface area is 262 Å². The van der Waals surface area contributed by atoms with E-state index in [9.17, 15) is 10.1 Å². The zero-order valence-corrected chi connectivity index (χ0v) is 27.7. The first-order valence-electron chi connectivity index (χ1n) is 15.4. The molecule has 0 spiro atoms. The highest BCUT2D eigenvalue weighted by molar-refractivity contribution is 6.98. The number of nitrogens with one attached hydrogen (secondary N) is 1. The fourth-order valence-electron chi connectivity index (χ4n) is 6.50. The molecule has 3 aromatic carbocycles. The molecule has 5 aromatic rings. The maximum absolute atomic E-state index is 12.7. The van der Waals surface area contributed by atoms with Crippen LogP contribution in [0.15, 0.2) is 97.2 Å². The third kappa shape index (κ3) is 6.01. The van der Waals surface area contributed by atoms with Gasteiger partial charge in [0.05, 0.1) is 29.1 Å². The molecule has 2 heterocycles. The van der Waals surface area contributed by atoms with Gasteiger partial charge in [-0.15, -0.1) is 0 Å². The highest BCUT2D eigenvalue weighted by atomic mass is 28.4. The maximum Gasteiger partial charge on any atom is 0.258 e. The van der Waals surface area contributed by atoms with Crippen LogP contribution in [0.5, 0.6) is 0 Å². The lowest BCUT2D eigenvalue weighted by molar-refractivity contribution is 0.116. The lowest BCUT2D eigenvalue weighted by atomic mass is 9.78. The Bertz CT molecular complexity index is 1730. The summed E-state index contributed by atoms with van der Waals surface area (Å²) in [5.74, 6) is 0. The largest absolute Gasteiger partial charge is 0.424 e. The first-order valence-corrected chi connectivity index (χ1v) is 17.3. The van der Waals surface area contributed by atoms with Crippen LogP contribution in [-0.4, -0.2) is 30.2 Å². The Balaban J connectivity index is 1.53. The van der Waals surface area contributed by atoms with Gasteiger partial charge in [-0.3, -0.25) is 4.98 Å². The lowest BCUT2D eigenvalue weighted by Crippen LogP contribution is -2.65. The van der Waals surface area contributed by atoms with E-state index in [2.05, 4.69) is 69.1 Å². The minimum atomic E-state index is -3.12. The van der Waals surface area contributed by atoms with E-state index in [-0.39, 0.29) is 16.6 Å². The van der Waals surface area contributed by atoms with E-state index in [1.54, 1.807) is 13.3 Å². The van der Waals surface area contributed by atoms with Crippen molar-refractivity contribution in [3.05, 3.63) is 114 Å². The van der Waals surface area contributed by atoms with E-state index in [4.69, 9.17) is 9.72 Å². The fourth-order valence-corrected chi connectivity index (χ4v) is 10.2. The number of aromatic nitrogens is 2. The van der Waals surface area contributed by atoms with Crippen molar-refractivity contribution in [2.24, 2.45) is 5.41 Å². The second kappa shape index (κ2) is 12.5. The van der Waals surface area contributed by atoms with E-state index in [1.807, 2.05) is 67.6 Å². The standard InChI is InChI=1S/C38H43N3O2Si/c1-27(43-6)35-31(18-13-23-40-35)36-33(32-24-28(26-39)19-20-34(32)41-36)25-37(2,3)21-22-38(4,5)44(42,29-14-9-7-10-15-29)30-16-11-8-12-17-30/h7-20,23-24,27,41-42H,21-22,25H2,1-6H3/t27-/m0/s1. The Kier molecular flexibility index (Phi) is 8.94. The maximum atomic E-state index is 12.7. The molecule has 6 heteroatoms. The third-order valence-electron chi connectivity index (χ3n) is 9.33. The molecule has 226 valence electrons. The molecule has 0 saturated carbocycles. The van der Waals surface area contributed by atoms with Gasteiger partial charge in [-0.25, -0.2) is 0 Å². The van der Waals surface area contributed by atoms with Gasteiger partial charge in [0, 0.05) is 29.8 Å². The first kappa shape index (κ1) is 31.4. The zero-order valence-electron chi connectivity index (χ0n) is 26.7. The SMILES string of the molecule is CO[C@@H](C)c1ncccc1-c1[nH]c2ccc(C#N)cc2c1CC(C)(C)CCC(C)(C)[Si](O)(c1ccccc1)c1ccccc1. The van der Waals surface area contributed by atoms with Crippen molar-refractivity contribution in [3.63, 3.8) is 0 Å². The fraction of sp³-hybridized carbons (Fsp3) is 0.316.